The molecule has 126 valence electrons. The second-order valence-corrected chi connectivity index (χ2v) is 6.87. The van der Waals surface area contributed by atoms with E-state index in [9.17, 15) is 0 Å². The fourth-order valence-corrected chi connectivity index (χ4v) is 3.84. The molecule has 0 bridgehead atoms. The first-order valence-electron chi connectivity index (χ1n) is 8.84. The van der Waals surface area contributed by atoms with Gasteiger partial charge in [-0.3, -0.25) is 4.98 Å². The SMILES string of the molecule is COC1CN(c2nc(-c3ccncc3)nc3c2CCC3)CCC1C. The highest BCUT2D eigenvalue weighted by Crippen LogP contribution is 2.33. The van der Waals surface area contributed by atoms with Gasteiger partial charge in [0, 0.05) is 49.4 Å². The van der Waals surface area contributed by atoms with Gasteiger partial charge in [-0.1, -0.05) is 6.92 Å². The molecule has 0 N–H and O–H groups in total. The fraction of sp³-hybridized carbons (Fsp3) is 0.526. The fourth-order valence-electron chi connectivity index (χ4n) is 3.84. The Hall–Kier alpha value is -2.01. The van der Waals surface area contributed by atoms with E-state index in [1.807, 2.05) is 19.2 Å². The van der Waals surface area contributed by atoms with Crippen LogP contribution in [-0.4, -0.2) is 41.3 Å². The number of pyridine rings is 1. The molecule has 3 heterocycles. The highest BCUT2D eigenvalue weighted by atomic mass is 16.5. The summed E-state index contributed by atoms with van der Waals surface area (Å²) in [6, 6.07) is 3.97. The minimum Gasteiger partial charge on any atom is -0.379 e. The third-order valence-electron chi connectivity index (χ3n) is 5.34. The second-order valence-electron chi connectivity index (χ2n) is 6.87. The number of fused-ring (bicyclic) bond motifs is 1. The number of piperidine rings is 1. The van der Waals surface area contributed by atoms with Crippen molar-refractivity contribution in [2.75, 3.05) is 25.1 Å². The van der Waals surface area contributed by atoms with Crippen LogP contribution in [0.1, 0.15) is 31.0 Å². The molecule has 1 aliphatic carbocycles. The Morgan fingerprint density at radius 3 is 2.79 bits per heavy atom. The van der Waals surface area contributed by atoms with Crippen molar-refractivity contribution in [2.45, 2.75) is 38.7 Å². The maximum absolute atomic E-state index is 5.70. The number of hydrogen-bond acceptors (Lipinski definition) is 5. The van der Waals surface area contributed by atoms with Crippen LogP contribution in [0.5, 0.6) is 0 Å². The first-order valence-corrected chi connectivity index (χ1v) is 8.84. The molecule has 5 heteroatoms. The predicted octanol–water partition coefficient (Wildman–Crippen LogP) is 2.89. The Morgan fingerprint density at radius 1 is 1.17 bits per heavy atom. The van der Waals surface area contributed by atoms with Crippen LogP contribution >= 0.6 is 0 Å². The lowest BCUT2D eigenvalue weighted by molar-refractivity contribution is 0.0496. The van der Waals surface area contributed by atoms with Crippen molar-refractivity contribution in [3.05, 3.63) is 35.8 Å². The molecule has 2 unspecified atom stereocenters. The van der Waals surface area contributed by atoms with E-state index in [0.29, 0.717) is 5.92 Å². The molecule has 2 aromatic rings. The molecule has 0 radical (unpaired) electrons. The molecule has 1 aliphatic heterocycles. The van der Waals surface area contributed by atoms with Crippen molar-refractivity contribution in [1.82, 2.24) is 15.0 Å². The minimum absolute atomic E-state index is 0.273. The molecule has 1 saturated heterocycles. The van der Waals surface area contributed by atoms with Crippen LogP contribution in [-0.2, 0) is 17.6 Å². The van der Waals surface area contributed by atoms with Crippen molar-refractivity contribution in [2.24, 2.45) is 5.92 Å². The highest BCUT2D eigenvalue weighted by molar-refractivity contribution is 5.61. The number of aromatic nitrogens is 3. The third-order valence-corrected chi connectivity index (χ3v) is 5.34. The van der Waals surface area contributed by atoms with Crippen molar-refractivity contribution in [1.29, 1.82) is 0 Å². The first-order chi connectivity index (χ1) is 11.8. The molecule has 0 saturated carbocycles. The zero-order chi connectivity index (χ0) is 16.5. The maximum atomic E-state index is 5.70. The van der Waals surface area contributed by atoms with Gasteiger partial charge in [0.05, 0.1) is 6.10 Å². The molecule has 0 amide bonds. The van der Waals surface area contributed by atoms with Gasteiger partial charge >= 0.3 is 0 Å². The molecule has 0 aromatic carbocycles. The molecule has 4 rings (SSSR count). The van der Waals surface area contributed by atoms with Crippen molar-refractivity contribution >= 4 is 5.82 Å². The van der Waals surface area contributed by atoms with E-state index >= 15 is 0 Å². The summed E-state index contributed by atoms with van der Waals surface area (Å²) in [4.78, 5) is 16.3. The van der Waals surface area contributed by atoms with Crippen molar-refractivity contribution in [3.8, 4) is 11.4 Å². The van der Waals surface area contributed by atoms with Crippen LogP contribution in [0.25, 0.3) is 11.4 Å². The molecular formula is C19H24N4O. The Labute approximate surface area is 143 Å². The lowest BCUT2D eigenvalue weighted by Crippen LogP contribution is -2.44. The standard InChI is InChI=1S/C19H24N4O/c1-13-8-11-23(12-17(13)24-2)19-15-4-3-5-16(15)21-18(22-19)14-6-9-20-10-7-14/h6-7,9-10,13,17H,3-5,8,11-12H2,1-2H3. The van der Waals surface area contributed by atoms with Gasteiger partial charge in [-0.2, -0.15) is 0 Å². The minimum atomic E-state index is 0.273. The van der Waals surface area contributed by atoms with Gasteiger partial charge in [-0.25, -0.2) is 9.97 Å². The van der Waals surface area contributed by atoms with Gasteiger partial charge < -0.3 is 9.64 Å². The van der Waals surface area contributed by atoms with Gasteiger partial charge in [0.25, 0.3) is 0 Å². The van der Waals surface area contributed by atoms with E-state index < -0.39 is 0 Å². The van der Waals surface area contributed by atoms with E-state index in [1.165, 1.54) is 17.7 Å². The van der Waals surface area contributed by atoms with Gasteiger partial charge in [0.2, 0.25) is 0 Å². The number of anilines is 1. The van der Waals surface area contributed by atoms with E-state index in [1.54, 1.807) is 12.4 Å². The Balaban J connectivity index is 1.73. The molecule has 24 heavy (non-hydrogen) atoms. The summed E-state index contributed by atoms with van der Waals surface area (Å²) in [6.07, 6.45) is 8.34. The number of aryl methyl sites for hydroxylation is 1. The smallest absolute Gasteiger partial charge is 0.161 e. The predicted molar refractivity (Wildman–Crippen MR) is 94.1 cm³/mol. The lowest BCUT2D eigenvalue weighted by Gasteiger charge is -2.37. The van der Waals surface area contributed by atoms with Crippen molar-refractivity contribution < 1.29 is 4.74 Å². The van der Waals surface area contributed by atoms with Gasteiger partial charge in [0.15, 0.2) is 5.82 Å². The summed E-state index contributed by atoms with van der Waals surface area (Å²) in [7, 11) is 1.82. The Bertz CT molecular complexity index is 719. The average Bonchev–Trinajstić information content (AvgIpc) is 3.11. The third kappa shape index (κ3) is 2.77. The summed E-state index contributed by atoms with van der Waals surface area (Å²) >= 11 is 0. The van der Waals surface area contributed by atoms with E-state index in [0.717, 1.165) is 49.6 Å². The van der Waals surface area contributed by atoms with Gasteiger partial charge in [-0.05, 0) is 43.7 Å². The number of nitrogens with zero attached hydrogens (tertiary/aromatic N) is 4. The molecule has 2 aromatic heterocycles. The van der Waals surface area contributed by atoms with Gasteiger partial charge in [0.1, 0.15) is 5.82 Å². The zero-order valence-corrected chi connectivity index (χ0v) is 14.4. The quantitative estimate of drug-likeness (QED) is 0.869. The molecule has 2 atom stereocenters. The van der Waals surface area contributed by atoms with E-state index in [4.69, 9.17) is 14.7 Å². The normalized spacial score (nSPS) is 23.3. The van der Waals surface area contributed by atoms with Crippen LogP contribution in [0.4, 0.5) is 5.82 Å². The number of methoxy groups -OCH3 is 1. The van der Waals surface area contributed by atoms with Crippen LogP contribution in [0.3, 0.4) is 0 Å². The van der Waals surface area contributed by atoms with Crippen LogP contribution in [0, 0.1) is 5.92 Å². The second kappa shape index (κ2) is 6.48. The molecule has 5 nitrogen and oxygen atoms in total. The molecule has 2 aliphatic rings. The first kappa shape index (κ1) is 15.5. The average molecular weight is 324 g/mol. The van der Waals surface area contributed by atoms with Crippen molar-refractivity contribution in [3.63, 3.8) is 0 Å². The topological polar surface area (TPSA) is 51.1 Å². The number of hydrogen-bond donors (Lipinski definition) is 0. The van der Waals surface area contributed by atoms with E-state index in [2.05, 4.69) is 16.8 Å². The zero-order valence-electron chi connectivity index (χ0n) is 14.4. The summed E-state index contributed by atoms with van der Waals surface area (Å²) in [5, 5.41) is 0. The van der Waals surface area contributed by atoms with Crippen LogP contribution in [0.15, 0.2) is 24.5 Å². The highest BCUT2D eigenvalue weighted by Gasteiger charge is 2.30. The maximum Gasteiger partial charge on any atom is 0.161 e. The monoisotopic (exact) mass is 324 g/mol. The Morgan fingerprint density at radius 2 is 2.00 bits per heavy atom. The summed E-state index contributed by atoms with van der Waals surface area (Å²) in [6.45, 7) is 4.23. The summed E-state index contributed by atoms with van der Waals surface area (Å²) in [5.41, 5.74) is 3.60. The lowest BCUT2D eigenvalue weighted by atomic mass is 9.95. The number of ether oxygens (including phenoxy) is 1. The van der Waals surface area contributed by atoms with E-state index in [-0.39, 0.29) is 6.10 Å². The number of rotatable bonds is 3. The molecular weight excluding hydrogens is 300 g/mol. The molecule has 1 fully saturated rings. The summed E-state index contributed by atoms with van der Waals surface area (Å²) in [5.74, 6) is 2.54. The molecule has 0 spiro atoms. The van der Waals surface area contributed by atoms with Crippen LogP contribution in [0.2, 0.25) is 0 Å². The Kier molecular flexibility index (Phi) is 4.19. The van der Waals surface area contributed by atoms with Crippen LogP contribution < -0.4 is 4.90 Å². The van der Waals surface area contributed by atoms with Gasteiger partial charge in [-0.15, -0.1) is 0 Å². The largest absolute Gasteiger partial charge is 0.379 e. The summed E-state index contributed by atoms with van der Waals surface area (Å²) < 4.78 is 5.70.